The average molecular weight is 359 g/mol. The number of carbonyl (C=O) groups excluding carboxylic acids is 1. The lowest BCUT2D eigenvalue weighted by molar-refractivity contribution is 0.0954. The zero-order valence-corrected chi connectivity index (χ0v) is 15.3. The Hall–Kier alpha value is -2.41. The molecular formula is C18H21N3O3S. The lowest BCUT2D eigenvalue weighted by Crippen LogP contribution is -2.28. The topological polar surface area (TPSA) is 71.7 Å². The molecular weight excluding hydrogens is 338 g/mol. The van der Waals surface area contributed by atoms with Crippen LogP contribution >= 0.6 is 0 Å². The number of anilines is 1. The predicted molar refractivity (Wildman–Crippen MR) is 97.2 cm³/mol. The third-order valence-corrected chi connectivity index (χ3v) is 5.21. The maximum atomic E-state index is 12.9. The molecule has 3 rings (SSSR count). The maximum absolute atomic E-state index is 12.9. The lowest BCUT2D eigenvalue weighted by atomic mass is 10.1. The molecule has 0 saturated heterocycles. The molecule has 7 heteroatoms. The zero-order chi connectivity index (χ0) is 18.2. The Kier molecular flexibility index (Phi) is 4.51. The molecule has 132 valence electrons. The van der Waals surface area contributed by atoms with Gasteiger partial charge < -0.3 is 0 Å². The Bertz CT molecular complexity index is 991. The molecule has 2 heterocycles. The second kappa shape index (κ2) is 6.48. The van der Waals surface area contributed by atoms with E-state index < -0.39 is 10.0 Å². The van der Waals surface area contributed by atoms with Crippen LogP contribution in [0.1, 0.15) is 29.8 Å². The Morgan fingerprint density at radius 2 is 1.96 bits per heavy atom. The minimum atomic E-state index is -3.29. The van der Waals surface area contributed by atoms with Crippen molar-refractivity contribution in [2.45, 2.75) is 26.3 Å². The number of aromatic nitrogens is 1. The van der Waals surface area contributed by atoms with E-state index in [4.69, 9.17) is 0 Å². The zero-order valence-electron chi connectivity index (χ0n) is 14.5. The molecule has 25 heavy (non-hydrogen) atoms. The molecule has 0 saturated carbocycles. The van der Waals surface area contributed by atoms with Crippen LogP contribution in [-0.2, 0) is 16.4 Å². The first-order valence-corrected chi connectivity index (χ1v) is 9.99. The van der Waals surface area contributed by atoms with E-state index in [2.05, 4.69) is 4.99 Å². The molecule has 0 atom stereocenters. The molecule has 0 spiro atoms. The van der Waals surface area contributed by atoms with Gasteiger partial charge in [0.25, 0.3) is 5.91 Å². The number of nitrogens with zero attached hydrogens (tertiary/aromatic N) is 3. The van der Waals surface area contributed by atoms with Crippen LogP contribution in [0.2, 0.25) is 0 Å². The first-order chi connectivity index (χ1) is 11.8. The van der Waals surface area contributed by atoms with Gasteiger partial charge in [0.2, 0.25) is 10.0 Å². The van der Waals surface area contributed by atoms with Crippen LogP contribution in [0.4, 0.5) is 5.69 Å². The maximum Gasteiger partial charge on any atom is 0.263 e. The monoisotopic (exact) mass is 359 g/mol. The van der Waals surface area contributed by atoms with Crippen LogP contribution in [0.3, 0.4) is 0 Å². The molecule has 1 aromatic heterocycles. The van der Waals surface area contributed by atoms with Gasteiger partial charge in [0.1, 0.15) is 5.49 Å². The van der Waals surface area contributed by atoms with Gasteiger partial charge in [-0.3, -0.25) is 18.7 Å². The fourth-order valence-electron chi connectivity index (χ4n) is 2.96. The van der Waals surface area contributed by atoms with Crippen molar-refractivity contribution < 1.29 is 13.2 Å². The van der Waals surface area contributed by atoms with E-state index in [9.17, 15) is 13.2 Å². The van der Waals surface area contributed by atoms with E-state index in [0.29, 0.717) is 29.7 Å². The van der Waals surface area contributed by atoms with Crippen LogP contribution in [-0.4, -0.2) is 37.7 Å². The Morgan fingerprint density at radius 1 is 1.20 bits per heavy atom. The summed E-state index contributed by atoms with van der Waals surface area (Å²) < 4.78 is 26.6. The van der Waals surface area contributed by atoms with Crippen molar-refractivity contribution in [3.05, 3.63) is 59.2 Å². The molecule has 0 unspecified atom stereocenters. The number of benzene rings is 1. The second-order valence-corrected chi connectivity index (χ2v) is 8.29. The second-order valence-electron chi connectivity index (χ2n) is 6.39. The normalized spacial score (nSPS) is 14.9. The summed E-state index contributed by atoms with van der Waals surface area (Å²) in [6.45, 7) is 4.33. The molecule has 1 aromatic carbocycles. The summed E-state index contributed by atoms with van der Waals surface area (Å²) >= 11 is 0. The summed E-state index contributed by atoms with van der Waals surface area (Å²) in [7, 11) is -3.29. The summed E-state index contributed by atoms with van der Waals surface area (Å²) in [5.74, 6) is -0.180. The third kappa shape index (κ3) is 3.51. The van der Waals surface area contributed by atoms with E-state index in [1.165, 1.54) is 15.1 Å². The van der Waals surface area contributed by atoms with Crippen molar-refractivity contribution in [2.24, 2.45) is 4.99 Å². The van der Waals surface area contributed by atoms with Gasteiger partial charge in [0.15, 0.2) is 0 Å². The van der Waals surface area contributed by atoms with Crippen molar-refractivity contribution in [2.75, 3.05) is 17.1 Å². The molecule has 1 aliphatic rings. The van der Waals surface area contributed by atoms with Crippen molar-refractivity contribution in [3.63, 3.8) is 0 Å². The largest absolute Gasteiger partial charge is 0.270 e. The molecule has 0 fully saturated rings. The van der Waals surface area contributed by atoms with Crippen LogP contribution in [0.15, 0.2) is 47.6 Å². The molecule has 0 N–H and O–H groups in total. The number of pyridine rings is 1. The van der Waals surface area contributed by atoms with Crippen molar-refractivity contribution in [1.29, 1.82) is 0 Å². The average Bonchev–Trinajstić information content (AvgIpc) is 2.97. The van der Waals surface area contributed by atoms with Crippen molar-refractivity contribution >= 4 is 21.6 Å². The predicted octanol–water partition coefficient (Wildman–Crippen LogP) is 1.81. The van der Waals surface area contributed by atoms with Crippen LogP contribution in [0.25, 0.3) is 0 Å². The smallest absolute Gasteiger partial charge is 0.263 e. The summed E-state index contributed by atoms with van der Waals surface area (Å²) in [6.07, 6.45) is 3.49. The molecule has 0 aliphatic carbocycles. The van der Waals surface area contributed by atoms with Gasteiger partial charge in [-0.1, -0.05) is 6.07 Å². The number of rotatable bonds is 3. The number of carbonyl (C=O) groups is 1. The molecule has 1 aliphatic heterocycles. The standard InChI is InChI=1S/C18H21N3O3S/c1-13(2)19-17-6-4-5-10-20(17)18(22)15-7-8-16-14(12-15)9-11-21(16)25(3,23)24/h4-8,10,12-13H,9,11H2,1-3H3. The van der Waals surface area contributed by atoms with E-state index in [1.807, 2.05) is 19.9 Å². The quantitative estimate of drug-likeness (QED) is 0.839. The lowest BCUT2D eigenvalue weighted by Gasteiger charge is -2.16. The van der Waals surface area contributed by atoms with Gasteiger partial charge in [-0.05, 0) is 56.2 Å². The fourth-order valence-corrected chi connectivity index (χ4v) is 3.92. The van der Waals surface area contributed by atoms with Gasteiger partial charge in [-0.15, -0.1) is 0 Å². The van der Waals surface area contributed by atoms with E-state index in [1.54, 1.807) is 36.5 Å². The Labute approximate surface area is 147 Å². The van der Waals surface area contributed by atoms with Crippen LogP contribution < -0.4 is 9.79 Å². The van der Waals surface area contributed by atoms with Gasteiger partial charge in [0.05, 0.1) is 11.9 Å². The highest BCUT2D eigenvalue weighted by Gasteiger charge is 2.26. The highest BCUT2D eigenvalue weighted by molar-refractivity contribution is 7.92. The highest BCUT2D eigenvalue weighted by atomic mass is 32.2. The van der Waals surface area contributed by atoms with Gasteiger partial charge in [-0.2, -0.15) is 0 Å². The molecule has 0 radical (unpaired) electrons. The third-order valence-electron chi connectivity index (χ3n) is 4.03. The van der Waals surface area contributed by atoms with Crippen molar-refractivity contribution in [1.82, 2.24) is 4.57 Å². The first kappa shape index (κ1) is 17.4. The van der Waals surface area contributed by atoms with Crippen LogP contribution in [0.5, 0.6) is 0 Å². The van der Waals surface area contributed by atoms with E-state index in [-0.39, 0.29) is 11.9 Å². The summed E-state index contributed by atoms with van der Waals surface area (Å²) in [5, 5.41) is 0. The summed E-state index contributed by atoms with van der Waals surface area (Å²) in [4.78, 5) is 17.4. The highest BCUT2D eigenvalue weighted by Crippen LogP contribution is 2.30. The SMILES string of the molecule is CC(C)N=c1ccccn1C(=O)c1ccc2c(c1)CCN2S(C)(=O)=O. The number of hydrogen-bond acceptors (Lipinski definition) is 4. The molecule has 2 aromatic rings. The van der Waals surface area contributed by atoms with Crippen LogP contribution in [0, 0.1) is 0 Å². The number of sulfonamides is 1. The van der Waals surface area contributed by atoms with Gasteiger partial charge in [-0.25, -0.2) is 8.42 Å². The van der Waals surface area contributed by atoms with E-state index in [0.717, 1.165) is 5.56 Å². The fraction of sp³-hybridized carbons (Fsp3) is 0.333. The molecule has 0 amide bonds. The summed E-state index contributed by atoms with van der Waals surface area (Å²) in [5.41, 5.74) is 2.64. The minimum absolute atomic E-state index is 0.0739. The Balaban J connectivity index is 2.02. The number of fused-ring (bicyclic) bond motifs is 1. The van der Waals surface area contributed by atoms with E-state index >= 15 is 0 Å². The van der Waals surface area contributed by atoms with Crippen molar-refractivity contribution in [3.8, 4) is 0 Å². The summed E-state index contributed by atoms with van der Waals surface area (Å²) in [6, 6.07) is 10.7. The minimum Gasteiger partial charge on any atom is -0.270 e. The first-order valence-electron chi connectivity index (χ1n) is 8.14. The van der Waals surface area contributed by atoms with Gasteiger partial charge >= 0.3 is 0 Å². The molecule has 0 bridgehead atoms. The van der Waals surface area contributed by atoms with Gasteiger partial charge in [0, 0.05) is 24.3 Å². The Morgan fingerprint density at radius 3 is 2.64 bits per heavy atom. The molecule has 6 nitrogen and oxygen atoms in total. The number of hydrogen-bond donors (Lipinski definition) is 0.